The van der Waals surface area contributed by atoms with E-state index in [9.17, 15) is 9.59 Å². The molecule has 0 aromatic heterocycles. The number of alkyl halides is 1. The molecule has 0 aromatic carbocycles. The standard InChI is InChI=1S/C13H25ClN2O3/c14-9-5-2-1-3-7-11(17)13(16,12(18)19)8-4-6-10-15/h1-10,15-16H2,(H,18,19). The second-order valence-corrected chi connectivity index (χ2v) is 5.18. The molecule has 1 unspecified atom stereocenters. The van der Waals surface area contributed by atoms with Crippen LogP contribution in [0.15, 0.2) is 0 Å². The van der Waals surface area contributed by atoms with Gasteiger partial charge in [-0.3, -0.25) is 4.79 Å². The van der Waals surface area contributed by atoms with Crippen molar-refractivity contribution in [3.8, 4) is 0 Å². The Labute approximate surface area is 119 Å². The summed E-state index contributed by atoms with van der Waals surface area (Å²) in [4.78, 5) is 23.2. The lowest BCUT2D eigenvalue weighted by Crippen LogP contribution is -2.54. The van der Waals surface area contributed by atoms with Gasteiger partial charge in [-0.05, 0) is 38.6 Å². The van der Waals surface area contributed by atoms with Crippen molar-refractivity contribution < 1.29 is 14.7 Å². The number of halogens is 1. The molecule has 0 spiro atoms. The Kier molecular flexibility index (Phi) is 9.83. The zero-order chi connectivity index (χ0) is 14.7. The highest BCUT2D eigenvalue weighted by atomic mass is 35.5. The molecule has 1 atom stereocenters. The van der Waals surface area contributed by atoms with Crippen LogP contribution in [0.2, 0.25) is 0 Å². The van der Waals surface area contributed by atoms with E-state index >= 15 is 0 Å². The van der Waals surface area contributed by atoms with Gasteiger partial charge < -0.3 is 16.6 Å². The van der Waals surface area contributed by atoms with Crippen molar-refractivity contribution in [3.63, 3.8) is 0 Å². The first-order valence-corrected chi connectivity index (χ1v) is 7.34. The van der Waals surface area contributed by atoms with Crippen LogP contribution in [-0.2, 0) is 9.59 Å². The number of hydrogen-bond donors (Lipinski definition) is 3. The van der Waals surface area contributed by atoms with Gasteiger partial charge in [0.2, 0.25) is 0 Å². The van der Waals surface area contributed by atoms with Gasteiger partial charge in [-0.1, -0.05) is 12.8 Å². The summed E-state index contributed by atoms with van der Waals surface area (Å²) in [6, 6.07) is 0. The van der Waals surface area contributed by atoms with Crippen molar-refractivity contribution in [1.29, 1.82) is 0 Å². The molecule has 0 saturated carbocycles. The van der Waals surface area contributed by atoms with Crippen LogP contribution in [-0.4, -0.2) is 34.8 Å². The summed E-state index contributed by atoms with van der Waals surface area (Å²) in [5.74, 6) is -1.01. The van der Waals surface area contributed by atoms with Crippen molar-refractivity contribution >= 4 is 23.4 Å². The van der Waals surface area contributed by atoms with Crippen LogP contribution >= 0.6 is 11.6 Å². The third-order valence-electron chi connectivity index (χ3n) is 3.19. The highest BCUT2D eigenvalue weighted by Gasteiger charge is 2.40. The van der Waals surface area contributed by atoms with Crippen molar-refractivity contribution in [1.82, 2.24) is 0 Å². The second-order valence-electron chi connectivity index (χ2n) is 4.80. The van der Waals surface area contributed by atoms with Gasteiger partial charge in [0.25, 0.3) is 0 Å². The van der Waals surface area contributed by atoms with Gasteiger partial charge in [0.1, 0.15) is 0 Å². The molecule has 0 rings (SSSR count). The smallest absolute Gasteiger partial charge is 0.331 e. The predicted molar refractivity (Wildman–Crippen MR) is 76.3 cm³/mol. The molecule has 0 bridgehead atoms. The van der Waals surface area contributed by atoms with Crippen LogP contribution in [0.25, 0.3) is 0 Å². The summed E-state index contributed by atoms with van der Waals surface area (Å²) in [5, 5.41) is 9.15. The van der Waals surface area contributed by atoms with Crippen molar-refractivity contribution in [2.75, 3.05) is 12.4 Å². The van der Waals surface area contributed by atoms with E-state index in [1.54, 1.807) is 0 Å². The lowest BCUT2D eigenvalue weighted by atomic mass is 9.86. The molecule has 0 aliphatic carbocycles. The number of ketones is 1. The molecule has 0 aliphatic rings. The number of carboxylic acid groups (broad SMARTS) is 1. The minimum Gasteiger partial charge on any atom is -0.480 e. The molecule has 0 aliphatic heterocycles. The first kappa shape index (κ1) is 18.4. The lowest BCUT2D eigenvalue weighted by molar-refractivity contribution is -0.148. The second kappa shape index (κ2) is 10.2. The van der Waals surface area contributed by atoms with Crippen molar-refractivity contribution in [2.45, 2.75) is 56.9 Å². The fourth-order valence-corrected chi connectivity index (χ4v) is 2.06. The van der Waals surface area contributed by atoms with Gasteiger partial charge in [0.05, 0.1) is 0 Å². The van der Waals surface area contributed by atoms with Crippen LogP contribution in [0.5, 0.6) is 0 Å². The molecule has 0 fully saturated rings. The molecular formula is C13H25ClN2O3. The maximum Gasteiger partial charge on any atom is 0.331 e. The van der Waals surface area contributed by atoms with Crippen molar-refractivity contribution in [2.24, 2.45) is 11.5 Å². The number of Topliss-reactive ketones (excluding diaryl/α,β-unsaturated/α-hetero) is 1. The van der Waals surface area contributed by atoms with Crippen LogP contribution in [0.4, 0.5) is 0 Å². The van der Waals surface area contributed by atoms with E-state index in [2.05, 4.69) is 0 Å². The first-order valence-electron chi connectivity index (χ1n) is 6.80. The number of carboxylic acids is 1. The molecule has 0 aromatic rings. The Morgan fingerprint density at radius 3 is 2.21 bits per heavy atom. The molecule has 5 nitrogen and oxygen atoms in total. The molecule has 6 heteroatoms. The Morgan fingerprint density at radius 1 is 1.05 bits per heavy atom. The van der Waals surface area contributed by atoms with Gasteiger partial charge in [0.15, 0.2) is 11.3 Å². The number of unbranched alkanes of at least 4 members (excludes halogenated alkanes) is 4. The molecule has 0 radical (unpaired) electrons. The molecule has 0 amide bonds. The van der Waals surface area contributed by atoms with E-state index in [1.165, 1.54) is 0 Å². The third-order valence-corrected chi connectivity index (χ3v) is 3.46. The Bertz CT molecular complexity index is 287. The topological polar surface area (TPSA) is 106 Å². The van der Waals surface area contributed by atoms with Crippen LogP contribution in [0, 0.1) is 0 Å². The predicted octanol–water partition coefficient (Wildman–Crippen LogP) is 1.66. The maximum atomic E-state index is 12.0. The van der Waals surface area contributed by atoms with Crippen LogP contribution in [0.3, 0.4) is 0 Å². The monoisotopic (exact) mass is 292 g/mol. The Balaban J connectivity index is 4.20. The number of carbonyl (C=O) groups excluding carboxylic acids is 1. The normalized spacial score (nSPS) is 14.1. The van der Waals surface area contributed by atoms with Gasteiger partial charge in [0, 0.05) is 12.3 Å². The molecule has 0 saturated heterocycles. The Hall–Kier alpha value is -0.650. The van der Waals surface area contributed by atoms with Gasteiger partial charge >= 0.3 is 5.97 Å². The molecule has 19 heavy (non-hydrogen) atoms. The number of nitrogens with two attached hydrogens (primary N) is 2. The van der Waals surface area contributed by atoms with E-state index in [4.69, 9.17) is 28.2 Å². The van der Waals surface area contributed by atoms with Crippen LogP contribution in [0.1, 0.15) is 51.4 Å². The molecular weight excluding hydrogens is 268 g/mol. The maximum absolute atomic E-state index is 12.0. The van der Waals surface area contributed by atoms with E-state index in [0.717, 1.165) is 19.3 Å². The van der Waals surface area contributed by atoms with E-state index in [1.807, 2.05) is 0 Å². The van der Waals surface area contributed by atoms with Gasteiger partial charge in [-0.2, -0.15) is 0 Å². The fourth-order valence-electron chi connectivity index (χ4n) is 1.87. The van der Waals surface area contributed by atoms with Crippen molar-refractivity contribution in [3.05, 3.63) is 0 Å². The SMILES string of the molecule is NCCCCC(N)(C(=O)O)C(=O)CCCCCCCl. The zero-order valence-electron chi connectivity index (χ0n) is 11.4. The van der Waals surface area contributed by atoms with Gasteiger partial charge in [-0.15, -0.1) is 11.6 Å². The highest BCUT2D eigenvalue weighted by molar-refractivity contribution is 6.17. The summed E-state index contributed by atoms with van der Waals surface area (Å²) in [6.07, 6.45) is 5.00. The zero-order valence-corrected chi connectivity index (χ0v) is 12.1. The molecule has 0 heterocycles. The fraction of sp³-hybridized carbons (Fsp3) is 0.846. The van der Waals surface area contributed by atoms with E-state index in [0.29, 0.717) is 31.7 Å². The summed E-state index contributed by atoms with van der Waals surface area (Å²) in [7, 11) is 0. The lowest BCUT2D eigenvalue weighted by Gasteiger charge is -2.23. The minimum atomic E-state index is -1.75. The third kappa shape index (κ3) is 6.89. The van der Waals surface area contributed by atoms with E-state index < -0.39 is 11.5 Å². The quantitative estimate of drug-likeness (QED) is 0.288. The average Bonchev–Trinajstić information content (AvgIpc) is 2.38. The minimum absolute atomic E-state index is 0.153. The summed E-state index contributed by atoms with van der Waals surface area (Å²) < 4.78 is 0. The summed E-state index contributed by atoms with van der Waals surface area (Å²) in [6.45, 7) is 0.475. The highest BCUT2D eigenvalue weighted by Crippen LogP contribution is 2.17. The average molecular weight is 293 g/mol. The Morgan fingerprint density at radius 2 is 1.68 bits per heavy atom. The number of aliphatic carboxylic acids is 1. The first-order chi connectivity index (χ1) is 8.99. The largest absolute Gasteiger partial charge is 0.480 e. The van der Waals surface area contributed by atoms with Crippen LogP contribution < -0.4 is 11.5 Å². The summed E-state index contributed by atoms with van der Waals surface area (Å²) >= 11 is 5.55. The van der Waals surface area contributed by atoms with E-state index in [-0.39, 0.29) is 18.6 Å². The number of hydrogen-bond acceptors (Lipinski definition) is 4. The number of carbonyl (C=O) groups is 2. The van der Waals surface area contributed by atoms with Gasteiger partial charge in [-0.25, -0.2) is 4.79 Å². The molecule has 5 N–H and O–H groups in total. The molecule has 112 valence electrons. The summed E-state index contributed by atoms with van der Waals surface area (Å²) in [5.41, 5.74) is 9.36. The number of rotatable bonds is 12.